The van der Waals surface area contributed by atoms with Gasteiger partial charge in [0.1, 0.15) is 11.6 Å². The lowest BCUT2D eigenvalue weighted by Gasteiger charge is -2.28. The lowest BCUT2D eigenvalue weighted by atomic mass is 10.1. The molecule has 1 atom stereocenters. The van der Waals surface area contributed by atoms with Crippen LogP contribution in [0.5, 0.6) is 0 Å². The molecule has 0 aliphatic rings. The second-order valence-corrected chi connectivity index (χ2v) is 5.42. The van der Waals surface area contributed by atoms with Gasteiger partial charge in [0.05, 0.1) is 6.20 Å². The van der Waals surface area contributed by atoms with E-state index in [2.05, 4.69) is 42.9 Å². The highest BCUT2D eigenvalue weighted by molar-refractivity contribution is 5.47. The first kappa shape index (κ1) is 15.9. The summed E-state index contributed by atoms with van der Waals surface area (Å²) in [6.07, 6.45) is 3.53. The van der Waals surface area contributed by atoms with Crippen LogP contribution in [0.2, 0.25) is 0 Å². The summed E-state index contributed by atoms with van der Waals surface area (Å²) in [6.45, 7) is 9.14. The van der Waals surface area contributed by atoms with Gasteiger partial charge in [-0.1, -0.05) is 27.2 Å². The highest BCUT2D eigenvalue weighted by Gasteiger charge is 2.15. The number of halogens is 1. The van der Waals surface area contributed by atoms with E-state index in [-0.39, 0.29) is 5.82 Å². The van der Waals surface area contributed by atoms with Crippen molar-refractivity contribution in [1.29, 1.82) is 0 Å². The molecule has 1 N–H and O–H groups in total. The molecular formula is C15H26FN3. The van der Waals surface area contributed by atoms with E-state index < -0.39 is 0 Å². The third kappa shape index (κ3) is 4.78. The monoisotopic (exact) mass is 267 g/mol. The van der Waals surface area contributed by atoms with Crippen molar-refractivity contribution < 1.29 is 4.39 Å². The van der Waals surface area contributed by atoms with Crippen LogP contribution < -0.4 is 10.2 Å². The van der Waals surface area contributed by atoms with E-state index in [0.29, 0.717) is 18.6 Å². The number of anilines is 1. The SMILES string of the molecule is CCCC(C)N(C)c1ncc(F)cc1CNC(C)C. The summed E-state index contributed by atoms with van der Waals surface area (Å²) in [6, 6.07) is 2.35. The molecule has 1 aromatic heterocycles. The molecule has 0 amide bonds. The van der Waals surface area contributed by atoms with Gasteiger partial charge in [-0.25, -0.2) is 9.37 Å². The Morgan fingerprint density at radius 1 is 1.37 bits per heavy atom. The van der Waals surface area contributed by atoms with E-state index >= 15 is 0 Å². The fraction of sp³-hybridized carbons (Fsp3) is 0.667. The second kappa shape index (κ2) is 7.43. The van der Waals surface area contributed by atoms with Crippen molar-refractivity contribution in [3.05, 3.63) is 23.6 Å². The van der Waals surface area contributed by atoms with E-state index in [0.717, 1.165) is 24.2 Å². The Bertz CT molecular complexity index is 393. The molecule has 0 aromatic carbocycles. The average molecular weight is 267 g/mol. The second-order valence-electron chi connectivity index (χ2n) is 5.42. The Labute approximate surface area is 116 Å². The number of hydrogen-bond donors (Lipinski definition) is 1. The molecule has 0 spiro atoms. The van der Waals surface area contributed by atoms with Gasteiger partial charge in [-0.2, -0.15) is 0 Å². The molecule has 0 fully saturated rings. The molecule has 0 saturated carbocycles. The van der Waals surface area contributed by atoms with Crippen LogP contribution in [0.1, 0.15) is 46.1 Å². The third-order valence-corrected chi connectivity index (χ3v) is 3.31. The predicted molar refractivity (Wildman–Crippen MR) is 78.9 cm³/mol. The third-order valence-electron chi connectivity index (χ3n) is 3.31. The summed E-state index contributed by atoms with van der Waals surface area (Å²) in [4.78, 5) is 6.41. The standard InChI is InChI=1S/C15H26FN3/c1-6-7-12(4)19(5)15-13(9-17-11(2)3)8-14(16)10-18-15/h8,10-12,17H,6-7,9H2,1-5H3. The topological polar surface area (TPSA) is 28.2 Å². The van der Waals surface area contributed by atoms with Crippen molar-refractivity contribution in [2.24, 2.45) is 0 Å². The number of aromatic nitrogens is 1. The van der Waals surface area contributed by atoms with Crippen molar-refractivity contribution in [3.63, 3.8) is 0 Å². The Hall–Kier alpha value is -1.16. The summed E-state index contributed by atoms with van der Waals surface area (Å²) in [5, 5.41) is 3.32. The van der Waals surface area contributed by atoms with Gasteiger partial charge >= 0.3 is 0 Å². The maximum atomic E-state index is 13.4. The minimum Gasteiger partial charge on any atom is -0.357 e. The van der Waals surface area contributed by atoms with Gasteiger partial charge in [0.15, 0.2) is 0 Å². The van der Waals surface area contributed by atoms with Crippen molar-refractivity contribution in [3.8, 4) is 0 Å². The summed E-state index contributed by atoms with van der Waals surface area (Å²) in [5.74, 6) is 0.594. The highest BCUT2D eigenvalue weighted by atomic mass is 19.1. The Kier molecular flexibility index (Phi) is 6.22. The zero-order valence-corrected chi connectivity index (χ0v) is 12.7. The van der Waals surface area contributed by atoms with E-state index in [1.54, 1.807) is 6.07 Å². The Morgan fingerprint density at radius 2 is 2.05 bits per heavy atom. The molecule has 1 aromatic rings. The van der Waals surface area contributed by atoms with E-state index in [9.17, 15) is 4.39 Å². The molecule has 1 heterocycles. The van der Waals surface area contributed by atoms with Gasteiger partial charge < -0.3 is 10.2 Å². The van der Waals surface area contributed by atoms with Crippen molar-refractivity contribution in [2.75, 3.05) is 11.9 Å². The lowest BCUT2D eigenvalue weighted by molar-refractivity contribution is 0.568. The van der Waals surface area contributed by atoms with Gasteiger partial charge in [0.2, 0.25) is 0 Å². The number of hydrogen-bond acceptors (Lipinski definition) is 3. The average Bonchev–Trinajstić information content (AvgIpc) is 2.36. The highest BCUT2D eigenvalue weighted by Crippen LogP contribution is 2.21. The molecule has 19 heavy (non-hydrogen) atoms. The minimum absolute atomic E-state index is 0.277. The van der Waals surface area contributed by atoms with Crippen molar-refractivity contribution in [1.82, 2.24) is 10.3 Å². The van der Waals surface area contributed by atoms with Crippen LogP contribution in [-0.2, 0) is 6.54 Å². The normalized spacial score (nSPS) is 12.8. The number of nitrogens with zero attached hydrogens (tertiary/aromatic N) is 2. The first-order valence-electron chi connectivity index (χ1n) is 7.06. The summed E-state index contributed by atoms with van der Waals surface area (Å²) in [7, 11) is 2.03. The zero-order chi connectivity index (χ0) is 14.4. The smallest absolute Gasteiger partial charge is 0.141 e. The fourth-order valence-corrected chi connectivity index (χ4v) is 2.06. The lowest BCUT2D eigenvalue weighted by Crippen LogP contribution is -2.31. The number of rotatable bonds is 7. The van der Waals surface area contributed by atoms with Crippen LogP contribution in [0.25, 0.3) is 0 Å². The Balaban J connectivity index is 2.91. The molecule has 0 bridgehead atoms. The van der Waals surface area contributed by atoms with Gasteiger partial charge in [-0.3, -0.25) is 0 Å². The van der Waals surface area contributed by atoms with Gasteiger partial charge in [0, 0.05) is 31.2 Å². The molecule has 3 nitrogen and oxygen atoms in total. The molecular weight excluding hydrogens is 241 g/mol. The molecule has 1 rings (SSSR count). The van der Waals surface area contributed by atoms with Gasteiger partial charge in [0.25, 0.3) is 0 Å². The predicted octanol–water partition coefficient (Wildman–Crippen LogP) is 3.34. The molecule has 1 unspecified atom stereocenters. The molecule has 0 aliphatic heterocycles. The molecule has 4 heteroatoms. The minimum atomic E-state index is -0.277. The largest absolute Gasteiger partial charge is 0.357 e. The van der Waals surface area contributed by atoms with Crippen molar-refractivity contribution >= 4 is 5.82 Å². The number of nitrogens with one attached hydrogen (secondary N) is 1. The van der Waals surface area contributed by atoms with Gasteiger partial charge in [-0.05, 0) is 19.4 Å². The van der Waals surface area contributed by atoms with E-state index in [1.807, 2.05) is 7.05 Å². The van der Waals surface area contributed by atoms with Crippen LogP contribution in [0.3, 0.4) is 0 Å². The van der Waals surface area contributed by atoms with Crippen LogP contribution in [-0.4, -0.2) is 24.1 Å². The molecule has 108 valence electrons. The molecule has 0 aliphatic carbocycles. The number of pyridine rings is 1. The van der Waals surface area contributed by atoms with Crippen LogP contribution in [0.15, 0.2) is 12.3 Å². The van der Waals surface area contributed by atoms with Crippen LogP contribution in [0.4, 0.5) is 10.2 Å². The zero-order valence-electron chi connectivity index (χ0n) is 12.7. The van der Waals surface area contributed by atoms with Crippen LogP contribution in [0, 0.1) is 5.82 Å². The van der Waals surface area contributed by atoms with E-state index in [1.165, 1.54) is 6.20 Å². The molecule has 0 saturated heterocycles. The quantitative estimate of drug-likeness (QED) is 0.821. The van der Waals surface area contributed by atoms with E-state index in [4.69, 9.17) is 0 Å². The van der Waals surface area contributed by atoms with Crippen LogP contribution >= 0.6 is 0 Å². The summed E-state index contributed by atoms with van der Waals surface area (Å²) in [5.41, 5.74) is 0.916. The summed E-state index contributed by atoms with van der Waals surface area (Å²) < 4.78 is 13.4. The van der Waals surface area contributed by atoms with Gasteiger partial charge in [-0.15, -0.1) is 0 Å². The fourth-order valence-electron chi connectivity index (χ4n) is 2.06. The Morgan fingerprint density at radius 3 is 2.63 bits per heavy atom. The first-order valence-corrected chi connectivity index (χ1v) is 7.06. The maximum absolute atomic E-state index is 13.4. The van der Waals surface area contributed by atoms with Crippen molar-refractivity contribution in [2.45, 2.75) is 59.2 Å². The summed E-state index contributed by atoms with van der Waals surface area (Å²) >= 11 is 0. The molecule has 0 radical (unpaired) electrons. The first-order chi connectivity index (χ1) is 8.95. The maximum Gasteiger partial charge on any atom is 0.141 e.